The summed E-state index contributed by atoms with van der Waals surface area (Å²) in [6.07, 6.45) is 7.73. The second-order valence-electron chi connectivity index (χ2n) is 9.93. The smallest absolute Gasteiger partial charge is 0.147 e. The molecule has 1 aliphatic heterocycles. The van der Waals surface area contributed by atoms with E-state index in [0.29, 0.717) is 0 Å². The molecule has 4 aromatic carbocycles. The van der Waals surface area contributed by atoms with Crippen molar-refractivity contribution in [3.63, 3.8) is 0 Å². The molecule has 0 spiro atoms. The molecular weight excluding hydrogens is 470 g/mol. The number of benzene rings is 4. The summed E-state index contributed by atoms with van der Waals surface area (Å²) in [5, 5.41) is 6.36. The summed E-state index contributed by atoms with van der Waals surface area (Å²) >= 11 is 1.88. The number of fused-ring (bicyclic) bond motifs is 13. The van der Waals surface area contributed by atoms with Crippen molar-refractivity contribution in [1.82, 2.24) is 9.38 Å². The molecule has 0 radical (unpaired) electrons. The lowest BCUT2D eigenvalue weighted by atomic mass is 9.98. The van der Waals surface area contributed by atoms with Gasteiger partial charge in [0, 0.05) is 36.5 Å². The Balaban J connectivity index is 1.47. The van der Waals surface area contributed by atoms with Crippen molar-refractivity contribution in [3.8, 4) is 0 Å². The highest BCUT2D eigenvalue weighted by Crippen LogP contribution is 2.52. The zero-order valence-corrected chi connectivity index (χ0v) is 20.7. The number of pyridine rings is 1. The van der Waals surface area contributed by atoms with Crippen LogP contribution in [0.4, 0.5) is 11.5 Å². The van der Waals surface area contributed by atoms with E-state index in [9.17, 15) is 0 Å². The van der Waals surface area contributed by atoms with Gasteiger partial charge < -0.3 is 4.90 Å². The number of allylic oxidation sites excluding steroid dienone is 2. The molecule has 1 unspecified atom stereocenters. The first-order chi connectivity index (χ1) is 18.4. The summed E-state index contributed by atoms with van der Waals surface area (Å²) in [5.41, 5.74) is 5.90. The Bertz CT molecular complexity index is 2140. The average molecular weight is 492 g/mol. The molecular formula is C33H21N3S. The SMILES string of the molecule is C1=CCC2C(=C1)c1nc3c4ccccc4c4ccccc4n3c1N2c1cccc2sc3ccccc3c12. The van der Waals surface area contributed by atoms with Crippen LogP contribution in [0.5, 0.6) is 0 Å². The second kappa shape index (κ2) is 7.09. The van der Waals surface area contributed by atoms with Crippen LogP contribution in [0, 0.1) is 0 Å². The predicted molar refractivity (Wildman–Crippen MR) is 157 cm³/mol. The van der Waals surface area contributed by atoms with Crippen molar-refractivity contribution < 1.29 is 0 Å². The normalized spacial score (nSPS) is 16.8. The van der Waals surface area contributed by atoms with Crippen LogP contribution in [-0.4, -0.2) is 15.4 Å². The number of hydrogen-bond acceptors (Lipinski definition) is 3. The first-order valence-corrected chi connectivity index (χ1v) is 13.6. The van der Waals surface area contributed by atoms with Gasteiger partial charge in [0.15, 0.2) is 0 Å². The average Bonchev–Trinajstić information content (AvgIpc) is 3.62. The van der Waals surface area contributed by atoms with Crippen molar-refractivity contribution in [2.24, 2.45) is 0 Å². The molecule has 7 aromatic rings. The lowest BCUT2D eigenvalue weighted by Crippen LogP contribution is -2.28. The zero-order valence-electron chi connectivity index (χ0n) is 19.9. The minimum Gasteiger partial charge on any atom is -0.317 e. The highest BCUT2D eigenvalue weighted by Gasteiger charge is 2.40. The van der Waals surface area contributed by atoms with E-state index < -0.39 is 0 Å². The summed E-state index contributed by atoms with van der Waals surface area (Å²) < 4.78 is 5.07. The van der Waals surface area contributed by atoms with Crippen LogP contribution in [0.25, 0.3) is 53.1 Å². The summed E-state index contributed by atoms with van der Waals surface area (Å²) in [6.45, 7) is 0. The first kappa shape index (κ1) is 19.7. The largest absolute Gasteiger partial charge is 0.317 e. The summed E-state index contributed by atoms with van der Waals surface area (Å²) in [5.74, 6) is 1.18. The molecule has 3 aromatic heterocycles. The Hall–Kier alpha value is -4.41. The van der Waals surface area contributed by atoms with Crippen molar-refractivity contribution in [3.05, 3.63) is 115 Å². The van der Waals surface area contributed by atoms with E-state index in [4.69, 9.17) is 4.98 Å². The molecule has 3 nitrogen and oxygen atoms in total. The summed E-state index contributed by atoms with van der Waals surface area (Å²) in [4.78, 5) is 7.96. The van der Waals surface area contributed by atoms with Crippen molar-refractivity contribution in [1.29, 1.82) is 0 Å². The standard InChI is InChI=1S/C33H21N3S/c1-2-12-22-20(10-1)21-11-3-6-15-25(21)36-32(22)34-31-23-13-4-7-16-26(23)35(33(31)36)27-17-9-19-29-30(27)24-14-5-8-18-28(24)37-29/h1-15,17-19,26H,16H2. The van der Waals surface area contributed by atoms with Crippen LogP contribution >= 0.6 is 11.3 Å². The van der Waals surface area contributed by atoms with E-state index in [1.54, 1.807) is 0 Å². The van der Waals surface area contributed by atoms with E-state index in [1.807, 2.05) is 11.3 Å². The lowest BCUT2D eigenvalue weighted by molar-refractivity contribution is 0.819. The molecule has 0 bridgehead atoms. The molecule has 2 aliphatic rings. The third kappa shape index (κ3) is 2.48. The van der Waals surface area contributed by atoms with Gasteiger partial charge in [-0.05, 0) is 36.1 Å². The highest BCUT2D eigenvalue weighted by atomic mass is 32.1. The maximum atomic E-state index is 5.38. The molecule has 4 heteroatoms. The Labute approximate surface area is 217 Å². The van der Waals surface area contributed by atoms with Crippen LogP contribution in [0.2, 0.25) is 0 Å². The molecule has 0 N–H and O–H groups in total. The van der Waals surface area contributed by atoms with Gasteiger partial charge in [-0.3, -0.25) is 4.40 Å². The number of nitrogens with zero attached hydrogens (tertiary/aromatic N) is 3. The molecule has 0 saturated heterocycles. The fourth-order valence-corrected chi connectivity index (χ4v) is 7.66. The molecule has 1 atom stereocenters. The fourth-order valence-electron chi connectivity index (χ4n) is 6.53. The van der Waals surface area contributed by atoms with Crippen molar-refractivity contribution >= 4 is 75.9 Å². The molecule has 9 rings (SSSR count). The summed E-state index contributed by atoms with van der Waals surface area (Å²) in [6, 6.07) is 33.2. The monoisotopic (exact) mass is 491 g/mol. The molecule has 174 valence electrons. The number of aromatic nitrogens is 2. The number of rotatable bonds is 1. The Morgan fingerprint density at radius 2 is 1.49 bits per heavy atom. The molecule has 37 heavy (non-hydrogen) atoms. The Morgan fingerprint density at radius 1 is 0.730 bits per heavy atom. The predicted octanol–water partition coefficient (Wildman–Crippen LogP) is 8.87. The summed E-state index contributed by atoms with van der Waals surface area (Å²) in [7, 11) is 0. The maximum Gasteiger partial charge on any atom is 0.147 e. The van der Waals surface area contributed by atoms with Gasteiger partial charge in [0.05, 0.1) is 17.2 Å². The van der Waals surface area contributed by atoms with Gasteiger partial charge in [0.1, 0.15) is 17.2 Å². The topological polar surface area (TPSA) is 20.5 Å². The molecule has 0 saturated carbocycles. The number of para-hydroxylation sites is 1. The van der Waals surface area contributed by atoms with E-state index in [-0.39, 0.29) is 6.04 Å². The number of thiophene rings is 1. The second-order valence-corrected chi connectivity index (χ2v) is 11.0. The van der Waals surface area contributed by atoms with Crippen molar-refractivity contribution in [2.45, 2.75) is 12.5 Å². The van der Waals surface area contributed by atoms with Gasteiger partial charge in [-0.1, -0.05) is 85.0 Å². The van der Waals surface area contributed by atoms with Gasteiger partial charge in [-0.15, -0.1) is 11.3 Å². The quantitative estimate of drug-likeness (QED) is 0.214. The van der Waals surface area contributed by atoms with Crippen LogP contribution in [-0.2, 0) is 0 Å². The zero-order chi connectivity index (χ0) is 24.1. The van der Waals surface area contributed by atoms with Crippen LogP contribution in [0.3, 0.4) is 0 Å². The van der Waals surface area contributed by atoms with Crippen LogP contribution < -0.4 is 4.90 Å². The highest BCUT2D eigenvalue weighted by molar-refractivity contribution is 7.26. The Kier molecular flexibility index (Phi) is 3.78. The Morgan fingerprint density at radius 3 is 2.41 bits per heavy atom. The maximum absolute atomic E-state index is 5.38. The van der Waals surface area contributed by atoms with E-state index >= 15 is 0 Å². The van der Waals surface area contributed by atoms with Crippen LogP contribution in [0.15, 0.2) is 109 Å². The van der Waals surface area contributed by atoms with E-state index in [2.05, 4.69) is 119 Å². The van der Waals surface area contributed by atoms with Gasteiger partial charge in [0.25, 0.3) is 0 Å². The molecule has 0 fully saturated rings. The number of imidazole rings is 1. The van der Waals surface area contributed by atoms with E-state index in [0.717, 1.165) is 17.8 Å². The third-order valence-corrected chi connectivity index (χ3v) is 9.18. The van der Waals surface area contributed by atoms with Gasteiger partial charge >= 0.3 is 0 Å². The molecule has 4 heterocycles. The van der Waals surface area contributed by atoms with Crippen LogP contribution in [0.1, 0.15) is 12.1 Å². The number of anilines is 2. The molecule has 1 aliphatic carbocycles. The van der Waals surface area contributed by atoms with Crippen molar-refractivity contribution in [2.75, 3.05) is 4.90 Å². The minimum atomic E-state index is 0.230. The molecule has 0 amide bonds. The van der Waals surface area contributed by atoms with Gasteiger partial charge in [-0.2, -0.15) is 0 Å². The van der Waals surface area contributed by atoms with E-state index in [1.165, 1.54) is 58.9 Å². The third-order valence-electron chi connectivity index (χ3n) is 8.04. The lowest BCUT2D eigenvalue weighted by Gasteiger charge is -2.30. The minimum absolute atomic E-state index is 0.230. The van der Waals surface area contributed by atoms with Gasteiger partial charge in [-0.25, -0.2) is 4.98 Å². The van der Waals surface area contributed by atoms with Gasteiger partial charge in [0.2, 0.25) is 0 Å². The first-order valence-electron chi connectivity index (χ1n) is 12.8. The number of hydrogen-bond donors (Lipinski definition) is 0. The fraction of sp³-hybridized carbons (Fsp3) is 0.0606.